The van der Waals surface area contributed by atoms with E-state index in [9.17, 15) is 13.6 Å². The Morgan fingerprint density at radius 2 is 1.89 bits per heavy atom. The van der Waals surface area contributed by atoms with Crippen LogP contribution in [0, 0.1) is 11.6 Å². The topological polar surface area (TPSA) is 65.4 Å². The van der Waals surface area contributed by atoms with Gasteiger partial charge in [-0.25, -0.2) is 8.78 Å². The molecule has 0 unspecified atom stereocenters. The van der Waals surface area contributed by atoms with Crippen molar-refractivity contribution in [2.24, 2.45) is 7.05 Å². The summed E-state index contributed by atoms with van der Waals surface area (Å²) in [6.45, 7) is 3.88. The second kappa shape index (κ2) is 8.21. The summed E-state index contributed by atoms with van der Waals surface area (Å²) in [5.41, 5.74) is 0.864. The van der Waals surface area contributed by atoms with Crippen molar-refractivity contribution in [3.8, 4) is 6.01 Å². The van der Waals surface area contributed by atoms with Gasteiger partial charge in [-0.15, -0.1) is 0 Å². The zero-order valence-electron chi connectivity index (χ0n) is 15.8. The molecule has 1 amide bonds. The van der Waals surface area contributed by atoms with Crippen LogP contribution in [0.25, 0.3) is 11.0 Å². The minimum absolute atomic E-state index is 0.0113. The summed E-state index contributed by atoms with van der Waals surface area (Å²) in [6, 6.07) is 2.56. The molecule has 1 fully saturated rings. The molecule has 8 heteroatoms. The standard InChI is InChI=1S/C19H25F2N3O3/c1-11(22-12(2)25)10-26-13-4-6-14(7-5-13)27-19-23-17-8-15(20)16(21)9-18(17)24(19)3/h8-9,11,13-14H,4-7,10H2,1-3H3,(H,22,25)/t11-,13-,14-/m0/s1. The molecule has 1 N–H and O–H groups in total. The van der Waals surface area contributed by atoms with Crippen LogP contribution in [0.2, 0.25) is 0 Å². The molecule has 0 spiro atoms. The summed E-state index contributed by atoms with van der Waals surface area (Å²) in [5.74, 6) is -1.88. The maximum Gasteiger partial charge on any atom is 0.297 e. The van der Waals surface area contributed by atoms with Crippen LogP contribution in [-0.2, 0) is 16.6 Å². The molecule has 0 bridgehead atoms. The van der Waals surface area contributed by atoms with E-state index in [1.165, 1.54) is 6.92 Å². The van der Waals surface area contributed by atoms with Gasteiger partial charge < -0.3 is 14.8 Å². The Balaban J connectivity index is 1.53. The highest BCUT2D eigenvalue weighted by Crippen LogP contribution is 2.28. The average Bonchev–Trinajstić information content (AvgIpc) is 2.89. The molecule has 1 heterocycles. The van der Waals surface area contributed by atoms with Gasteiger partial charge in [0.2, 0.25) is 5.91 Å². The lowest BCUT2D eigenvalue weighted by atomic mass is 9.95. The van der Waals surface area contributed by atoms with E-state index >= 15 is 0 Å². The third-order valence-electron chi connectivity index (χ3n) is 4.81. The van der Waals surface area contributed by atoms with E-state index in [1.807, 2.05) is 6.92 Å². The number of aryl methyl sites for hydroxylation is 1. The van der Waals surface area contributed by atoms with Crippen LogP contribution in [0.3, 0.4) is 0 Å². The Bertz CT molecular complexity index is 816. The first kappa shape index (κ1) is 19.5. The number of carbonyl (C=O) groups is 1. The van der Waals surface area contributed by atoms with Crippen LogP contribution in [0.1, 0.15) is 39.5 Å². The summed E-state index contributed by atoms with van der Waals surface area (Å²) < 4.78 is 40.3. The van der Waals surface area contributed by atoms with E-state index in [-0.39, 0.29) is 24.2 Å². The van der Waals surface area contributed by atoms with E-state index in [1.54, 1.807) is 11.6 Å². The minimum atomic E-state index is -0.918. The molecule has 148 valence electrons. The average molecular weight is 381 g/mol. The first-order valence-corrected chi connectivity index (χ1v) is 9.20. The Labute approximate surface area is 156 Å². The molecule has 1 aliphatic rings. The predicted octanol–water partition coefficient (Wildman–Crippen LogP) is 3.08. The van der Waals surface area contributed by atoms with Crippen molar-refractivity contribution in [3.63, 3.8) is 0 Å². The van der Waals surface area contributed by atoms with Crippen molar-refractivity contribution in [2.75, 3.05) is 6.61 Å². The van der Waals surface area contributed by atoms with Gasteiger partial charge in [-0.2, -0.15) is 4.98 Å². The molecule has 0 saturated heterocycles. The summed E-state index contributed by atoms with van der Waals surface area (Å²) in [7, 11) is 1.72. The van der Waals surface area contributed by atoms with E-state index in [2.05, 4.69) is 10.3 Å². The Morgan fingerprint density at radius 1 is 1.26 bits per heavy atom. The minimum Gasteiger partial charge on any atom is -0.461 e. The molecular formula is C19H25F2N3O3. The Hall–Kier alpha value is -2.22. The number of ether oxygens (including phenoxy) is 2. The van der Waals surface area contributed by atoms with Crippen LogP contribution in [0.4, 0.5) is 8.78 Å². The third-order valence-corrected chi connectivity index (χ3v) is 4.81. The summed E-state index contributed by atoms with van der Waals surface area (Å²) in [5, 5.41) is 2.80. The zero-order chi connectivity index (χ0) is 19.6. The molecular weight excluding hydrogens is 356 g/mol. The van der Waals surface area contributed by atoms with Crippen LogP contribution in [0.15, 0.2) is 12.1 Å². The van der Waals surface area contributed by atoms with Gasteiger partial charge in [-0.3, -0.25) is 9.36 Å². The Morgan fingerprint density at radius 3 is 2.56 bits per heavy atom. The highest BCUT2D eigenvalue weighted by Gasteiger charge is 2.25. The van der Waals surface area contributed by atoms with Crippen LogP contribution in [-0.4, -0.2) is 40.3 Å². The molecule has 0 radical (unpaired) electrons. The smallest absolute Gasteiger partial charge is 0.297 e. The number of imidazole rings is 1. The molecule has 1 aliphatic carbocycles. The van der Waals surface area contributed by atoms with Crippen molar-refractivity contribution >= 4 is 16.9 Å². The number of nitrogens with zero attached hydrogens (tertiary/aromatic N) is 2. The molecule has 1 atom stereocenters. The monoisotopic (exact) mass is 381 g/mol. The molecule has 2 aromatic rings. The number of halogens is 2. The maximum atomic E-state index is 13.4. The van der Waals surface area contributed by atoms with Crippen LogP contribution in [0.5, 0.6) is 6.01 Å². The van der Waals surface area contributed by atoms with Crippen LogP contribution >= 0.6 is 0 Å². The highest BCUT2D eigenvalue weighted by atomic mass is 19.2. The van der Waals surface area contributed by atoms with Gasteiger partial charge in [0.05, 0.1) is 23.7 Å². The number of rotatable bonds is 6. The van der Waals surface area contributed by atoms with Crippen molar-refractivity contribution in [1.82, 2.24) is 14.9 Å². The Kier molecular flexibility index (Phi) is 5.94. The molecule has 1 saturated carbocycles. The first-order chi connectivity index (χ1) is 12.8. The molecule has 1 aromatic heterocycles. The summed E-state index contributed by atoms with van der Waals surface area (Å²) >= 11 is 0. The van der Waals surface area contributed by atoms with Gasteiger partial charge in [-0.1, -0.05) is 0 Å². The predicted molar refractivity (Wildman–Crippen MR) is 96.5 cm³/mol. The van der Waals surface area contributed by atoms with E-state index in [0.717, 1.165) is 37.8 Å². The quantitative estimate of drug-likeness (QED) is 0.835. The van der Waals surface area contributed by atoms with E-state index in [0.29, 0.717) is 23.7 Å². The van der Waals surface area contributed by atoms with Crippen molar-refractivity contribution in [2.45, 2.75) is 57.8 Å². The van der Waals surface area contributed by atoms with Gasteiger partial charge in [-0.05, 0) is 32.6 Å². The summed E-state index contributed by atoms with van der Waals surface area (Å²) in [4.78, 5) is 15.3. The lowest BCUT2D eigenvalue weighted by Crippen LogP contribution is -2.37. The number of amides is 1. The number of aromatic nitrogens is 2. The number of fused-ring (bicyclic) bond motifs is 1. The fourth-order valence-corrected chi connectivity index (χ4v) is 3.41. The normalized spacial score (nSPS) is 21.2. The van der Waals surface area contributed by atoms with Gasteiger partial charge >= 0.3 is 0 Å². The fourth-order valence-electron chi connectivity index (χ4n) is 3.41. The number of hydrogen-bond acceptors (Lipinski definition) is 4. The molecule has 1 aromatic carbocycles. The van der Waals surface area contributed by atoms with E-state index in [4.69, 9.17) is 9.47 Å². The second-order valence-electron chi connectivity index (χ2n) is 7.16. The van der Waals surface area contributed by atoms with Crippen molar-refractivity contribution in [1.29, 1.82) is 0 Å². The lowest BCUT2D eigenvalue weighted by Gasteiger charge is -2.29. The van der Waals surface area contributed by atoms with Crippen LogP contribution < -0.4 is 10.1 Å². The fraction of sp³-hybridized carbons (Fsp3) is 0.579. The first-order valence-electron chi connectivity index (χ1n) is 9.20. The van der Waals surface area contributed by atoms with Crippen molar-refractivity contribution < 1.29 is 23.0 Å². The maximum absolute atomic E-state index is 13.4. The molecule has 27 heavy (non-hydrogen) atoms. The SMILES string of the molecule is CC(=O)N[C@@H](C)CO[C@H]1CC[C@H](Oc2nc3cc(F)c(F)cc3n2C)CC1. The zero-order valence-corrected chi connectivity index (χ0v) is 15.8. The number of carbonyl (C=O) groups excluding carboxylic acids is 1. The largest absolute Gasteiger partial charge is 0.461 e. The van der Waals surface area contributed by atoms with Gasteiger partial charge in [0.1, 0.15) is 6.10 Å². The number of hydrogen-bond donors (Lipinski definition) is 1. The lowest BCUT2D eigenvalue weighted by molar-refractivity contribution is -0.120. The molecule has 3 rings (SSSR count). The highest BCUT2D eigenvalue weighted by molar-refractivity contribution is 5.76. The summed E-state index contributed by atoms with van der Waals surface area (Å²) in [6.07, 6.45) is 3.46. The van der Waals surface area contributed by atoms with Gasteiger partial charge in [0, 0.05) is 32.1 Å². The second-order valence-corrected chi connectivity index (χ2v) is 7.16. The molecule has 6 nitrogen and oxygen atoms in total. The number of benzene rings is 1. The number of nitrogens with one attached hydrogen (secondary N) is 1. The van der Waals surface area contributed by atoms with Gasteiger partial charge in [0.25, 0.3) is 6.01 Å². The van der Waals surface area contributed by atoms with E-state index < -0.39 is 11.6 Å². The molecule has 0 aliphatic heterocycles. The van der Waals surface area contributed by atoms with Crippen molar-refractivity contribution in [3.05, 3.63) is 23.8 Å². The van der Waals surface area contributed by atoms with Gasteiger partial charge in [0.15, 0.2) is 11.6 Å². The third kappa shape index (κ3) is 4.74.